The Balaban J connectivity index is 2.22. The molecule has 0 radical (unpaired) electrons. The van der Waals surface area contributed by atoms with Gasteiger partial charge in [-0.15, -0.1) is 0 Å². The van der Waals surface area contributed by atoms with Gasteiger partial charge in [-0.25, -0.2) is 9.79 Å². The summed E-state index contributed by atoms with van der Waals surface area (Å²) in [6.07, 6.45) is 0.594. The lowest BCUT2D eigenvalue weighted by molar-refractivity contribution is -0.385. The number of thioether (sulfide) groups is 1. The Morgan fingerprint density at radius 3 is 2.70 bits per heavy atom. The third kappa shape index (κ3) is 3.23. The van der Waals surface area contributed by atoms with Gasteiger partial charge in [0.1, 0.15) is 6.04 Å². The van der Waals surface area contributed by atoms with E-state index >= 15 is 0 Å². The highest BCUT2D eigenvalue weighted by Crippen LogP contribution is 2.45. The van der Waals surface area contributed by atoms with E-state index in [0.717, 1.165) is 0 Å². The van der Waals surface area contributed by atoms with Crippen molar-refractivity contribution in [2.45, 2.75) is 38.5 Å². The second kappa shape index (κ2) is 7.51. The lowest BCUT2D eigenvalue weighted by atomic mass is 9.93. The summed E-state index contributed by atoms with van der Waals surface area (Å²) in [7, 11) is 0. The van der Waals surface area contributed by atoms with E-state index in [1.54, 1.807) is 32.0 Å². The van der Waals surface area contributed by atoms with Gasteiger partial charge in [0.05, 0.1) is 33.6 Å². The molecule has 0 spiro atoms. The number of nitrogens with zero attached hydrogens (tertiary/aromatic N) is 3. The fourth-order valence-electron chi connectivity index (χ4n) is 3.24. The molecule has 1 aromatic carbocycles. The number of amides is 1. The number of hydrogen-bond acceptors (Lipinski definition) is 7. The molecule has 0 unspecified atom stereocenters. The van der Waals surface area contributed by atoms with Crippen LogP contribution in [0.3, 0.4) is 0 Å². The van der Waals surface area contributed by atoms with Gasteiger partial charge < -0.3 is 4.74 Å². The van der Waals surface area contributed by atoms with Crippen LogP contribution >= 0.6 is 11.8 Å². The molecule has 9 heteroatoms. The molecule has 0 aliphatic carbocycles. The number of fused-ring (bicyclic) bond motifs is 1. The molecule has 27 heavy (non-hydrogen) atoms. The topological polar surface area (TPSA) is 102 Å². The van der Waals surface area contributed by atoms with Crippen molar-refractivity contribution in [1.82, 2.24) is 4.90 Å². The average molecular weight is 389 g/mol. The zero-order valence-corrected chi connectivity index (χ0v) is 16.0. The molecule has 2 aliphatic heterocycles. The molecule has 0 bridgehead atoms. The number of carbonyl (C=O) groups is 2. The zero-order valence-electron chi connectivity index (χ0n) is 15.2. The van der Waals surface area contributed by atoms with E-state index in [-0.39, 0.29) is 34.6 Å². The average Bonchev–Trinajstić information content (AvgIpc) is 2.96. The van der Waals surface area contributed by atoms with Gasteiger partial charge >= 0.3 is 5.97 Å². The second-order valence-corrected chi connectivity index (χ2v) is 7.23. The summed E-state index contributed by atoms with van der Waals surface area (Å²) in [5.41, 5.74) is 0.666. The van der Waals surface area contributed by atoms with Gasteiger partial charge in [-0.1, -0.05) is 30.8 Å². The number of para-hydroxylation sites is 1. The number of amidine groups is 1. The van der Waals surface area contributed by atoms with Crippen molar-refractivity contribution in [1.29, 1.82) is 0 Å². The SMILES string of the molecule is CCOC(=O)C1=C(C)N=C2S[C@H](CC)C(=O)N2[C@H]1c1ccccc1[N+](=O)[O-]. The molecule has 2 aliphatic rings. The Morgan fingerprint density at radius 1 is 1.37 bits per heavy atom. The molecule has 0 N–H and O–H groups in total. The summed E-state index contributed by atoms with van der Waals surface area (Å²) in [5.74, 6) is -0.836. The Bertz CT molecular complexity index is 880. The summed E-state index contributed by atoms with van der Waals surface area (Å²) >= 11 is 1.32. The maximum atomic E-state index is 12.9. The van der Waals surface area contributed by atoms with Crippen LogP contribution in [-0.4, -0.2) is 38.7 Å². The summed E-state index contributed by atoms with van der Waals surface area (Å²) in [6.45, 7) is 5.37. The number of esters is 1. The summed E-state index contributed by atoms with van der Waals surface area (Å²) in [6, 6.07) is 5.20. The van der Waals surface area contributed by atoms with E-state index in [1.807, 2.05) is 6.92 Å². The predicted molar refractivity (Wildman–Crippen MR) is 101 cm³/mol. The van der Waals surface area contributed by atoms with Crippen molar-refractivity contribution in [3.8, 4) is 0 Å². The summed E-state index contributed by atoms with van der Waals surface area (Å²) < 4.78 is 5.16. The van der Waals surface area contributed by atoms with E-state index in [1.165, 1.54) is 22.7 Å². The fourth-order valence-corrected chi connectivity index (χ4v) is 4.37. The molecule has 1 saturated heterocycles. The van der Waals surface area contributed by atoms with Gasteiger partial charge in [0.15, 0.2) is 5.17 Å². The Morgan fingerprint density at radius 2 is 2.07 bits per heavy atom. The Hall–Kier alpha value is -2.68. The number of allylic oxidation sites excluding steroid dienone is 1. The first kappa shape index (κ1) is 19.1. The van der Waals surface area contributed by atoms with E-state index in [2.05, 4.69) is 4.99 Å². The zero-order chi connectivity index (χ0) is 19.7. The number of carbonyl (C=O) groups excluding carboxylic acids is 2. The molecular formula is C18H19N3O5S. The predicted octanol–water partition coefficient (Wildman–Crippen LogP) is 3.20. The van der Waals surface area contributed by atoms with Crippen LogP contribution in [0.25, 0.3) is 0 Å². The van der Waals surface area contributed by atoms with Crippen molar-refractivity contribution < 1.29 is 19.2 Å². The monoisotopic (exact) mass is 389 g/mol. The maximum absolute atomic E-state index is 12.9. The molecule has 1 fully saturated rings. The molecule has 142 valence electrons. The van der Waals surface area contributed by atoms with Gasteiger partial charge in [0, 0.05) is 6.07 Å². The first-order chi connectivity index (χ1) is 12.9. The summed E-state index contributed by atoms with van der Waals surface area (Å²) in [4.78, 5) is 42.5. The Kier molecular flexibility index (Phi) is 5.31. The van der Waals surface area contributed by atoms with Crippen molar-refractivity contribution in [3.05, 3.63) is 51.2 Å². The lowest BCUT2D eigenvalue weighted by Gasteiger charge is -2.32. The number of rotatable bonds is 5. The molecular weight excluding hydrogens is 370 g/mol. The molecule has 2 heterocycles. The van der Waals surface area contributed by atoms with Crippen LogP contribution in [0, 0.1) is 10.1 Å². The minimum absolute atomic E-state index is 0.149. The highest BCUT2D eigenvalue weighted by Gasteiger charge is 2.48. The maximum Gasteiger partial charge on any atom is 0.338 e. The number of nitro benzene ring substituents is 1. The van der Waals surface area contributed by atoms with Crippen LogP contribution in [-0.2, 0) is 14.3 Å². The van der Waals surface area contributed by atoms with Gasteiger partial charge in [0.25, 0.3) is 5.69 Å². The quantitative estimate of drug-likeness (QED) is 0.435. The largest absolute Gasteiger partial charge is 0.463 e. The van der Waals surface area contributed by atoms with Crippen LogP contribution in [0.2, 0.25) is 0 Å². The first-order valence-electron chi connectivity index (χ1n) is 8.60. The van der Waals surface area contributed by atoms with E-state index in [9.17, 15) is 19.7 Å². The van der Waals surface area contributed by atoms with Crippen molar-refractivity contribution in [3.63, 3.8) is 0 Å². The van der Waals surface area contributed by atoms with Gasteiger partial charge in [-0.05, 0) is 26.3 Å². The van der Waals surface area contributed by atoms with Crippen LogP contribution in [0.1, 0.15) is 38.8 Å². The molecule has 0 saturated carbocycles. The van der Waals surface area contributed by atoms with E-state index < -0.39 is 16.9 Å². The van der Waals surface area contributed by atoms with Crippen LogP contribution in [0.4, 0.5) is 5.69 Å². The number of ether oxygens (including phenoxy) is 1. The minimum Gasteiger partial charge on any atom is -0.463 e. The van der Waals surface area contributed by atoms with Crippen LogP contribution in [0.15, 0.2) is 40.5 Å². The van der Waals surface area contributed by atoms with E-state index in [0.29, 0.717) is 17.3 Å². The summed E-state index contributed by atoms with van der Waals surface area (Å²) in [5, 5.41) is 11.7. The molecule has 1 aromatic rings. The molecule has 2 atom stereocenters. The van der Waals surface area contributed by atoms with Gasteiger partial charge in [-0.3, -0.25) is 19.8 Å². The van der Waals surface area contributed by atoms with Gasteiger partial charge in [0.2, 0.25) is 5.91 Å². The number of hydrogen-bond donors (Lipinski definition) is 0. The highest BCUT2D eigenvalue weighted by molar-refractivity contribution is 8.15. The number of aliphatic imine (C=N–C) groups is 1. The van der Waals surface area contributed by atoms with Crippen molar-refractivity contribution in [2.75, 3.05) is 6.61 Å². The molecule has 1 amide bonds. The standard InChI is InChI=1S/C18H19N3O5S/c1-4-13-16(22)20-15(11-8-6-7-9-12(11)21(24)25)14(17(23)26-5-2)10(3)19-18(20)27-13/h6-9,13,15H,4-5H2,1-3H3/t13-,15+/m1/s1. The minimum atomic E-state index is -0.935. The van der Waals surface area contributed by atoms with Crippen molar-refractivity contribution >= 4 is 34.5 Å². The highest BCUT2D eigenvalue weighted by atomic mass is 32.2. The lowest BCUT2D eigenvalue weighted by Crippen LogP contribution is -2.41. The molecule has 0 aromatic heterocycles. The second-order valence-electron chi connectivity index (χ2n) is 6.06. The Labute approximate surface area is 160 Å². The molecule has 8 nitrogen and oxygen atoms in total. The van der Waals surface area contributed by atoms with Crippen LogP contribution in [0.5, 0.6) is 0 Å². The first-order valence-corrected chi connectivity index (χ1v) is 9.48. The smallest absolute Gasteiger partial charge is 0.338 e. The third-order valence-electron chi connectivity index (χ3n) is 4.45. The normalized spacial score (nSPS) is 21.8. The van der Waals surface area contributed by atoms with Crippen molar-refractivity contribution in [2.24, 2.45) is 4.99 Å². The van der Waals surface area contributed by atoms with E-state index in [4.69, 9.17) is 4.74 Å². The fraction of sp³-hybridized carbons (Fsp3) is 0.389. The van der Waals surface area contributed by atoms with Crippen LogP contribution < -0.4 is 0 Å². The molecule has 3 rings (SSSR count). The number of nitro groups is 1. The number of benzene rings is 1. The third-order valence-corrected chi connectivity index (χ3v) is 5.76. The van der Waals surface area contributed by atoms with Gasteiger partial charge in [-0.2, -0.15) is 0 Å².